The molecular formula is C18H25N3O5. The second-order valence-electron chi connectivity index (χ2n) is 6.84. The fourth-order valence-electron chi connectivity index (χ4n) is 3.86. The van der Waals surface area contributed by atoms with Crippen molar-refractivity contribution < 1.29 is 24.5 Å². The zero-order chi connectivity index (χ0) is 18.7. The predicted octanol–water partition coefficient (Wildman–Crippen LogP) is 0.386. The maximum Gasteiger partial charge on any atom is 0.309 e. The molecule has 1 saturated carbocycles. The molecule has 142 valence electrons. The van der Waals surface area contributed by atoms with Crippen LogP contribution in [0.15, 0.2) is 18.3 Å². The number of ether oxygens (including phenoxy) is 1. The zero-order valence-corrected chi connectivity index (χ0v) is 14.9. The molecule has 2 fully saturated rings. The van der Waals surface area contributed by atoms with Gasteiger partial charge in [-0.15, -0.1) is 0 Å². The fraction of sp³-hybridized carbons (Fsp3) is 0.611. The lowest BCUT2D eigenvalue weighted by atomic mass is 9.76. The van der Waals surface area contributed by atoms with Crippen molar-refractivity contribution in [3.8, 4) is 5.75 Å². The van der Waals surface area contributed by atoms with Crippen molar-refractivity contribution in [2.75, 3.05) is 38.2 Å². The standard InChI is InChI=1S/C18H25N3O5/c1-26-18(25)13-3-2-4-14(23)16(13)17(24)21-9-7-20(8-10-21)15-6-5-12(22)11-19-15/h5-6,11,13-14,16,22-23H,2-4,7-10H2,1H3. The average molecular weight is 363 g/mol. The molecule has 1 amide bonds. The molecule has 1 aliphatic carbocycles. The Morgan fingerprint density at radius 3 is 2.54 bits per heavy atom. The van der Waals surface area contributed by atoms with Crippen LogP contribution < -0.4 is 4.90 Å². The molecule has 1 aromatic heterocycles. The van der Waals surface area contributed by atoms with Crippen molar-refractivity contribution in [3.63, 3.8) is 0 Å². The van der Waals surface area contributed by atoms with Gasteiger partial charge in [0.05, 0.1) is 31.2 Å². The smallest absolute Gasteiger partial charge is 0.309 e. The largest absolute Gasteiger partial charge is 0.506 e. The summed E-state index contributed by atoms with van der Waals surface area (Å²) < 4.78 is 4.83. The molecule has 1 saturated heterocycles. The molecule has 1 aliphatic heterocycles. The van der Waals surface area contributed by atoms with Crippen LogP contribution in [-0.2, 0) is 14.3 Å². The van der Waals surface area contributed by atoms with Gasteiger partial charge in [0.1, 0.15) is 11.6 Å². The number of carbonyl (C=O) groups is 2. The van der Waals surface area contributed by atoms with Gasteiger partial charge in [-0.05, 0) is 31.4 Å². The number of carbonyl (C=O) groups excluding carboxylic acids is 2. The van der Waals surface area contributed by atoms with E-state index >= 15 is 0 Å². The summed E-state index contributed by atoms with van der Waals surface area (Å²) in [5.41, 5.74) is 0. The topological polar surface area (TPSA) is 103 Å². The fourth-order valence-corrected chi connectivity index (χ4v) is 3.86. The minimum absolute atomic E-state index is 0.114. The van der Waals surface area contributed by atoms with Crippen LogP contribution in [0.3, 0.4) is 0 Å². The van der Waals surface area contributed by atoms with Gasteiger partial charge in [-0.1, -0.05) is 0 Å². The number of anilines is 1. The van der Waals surface area contributed by atoms with E-state index in [9.17, 15) is 19.8 Å². The van der Waals surface area contributed by atoms with Gasteiger partial charge in [-0.3, -0.25) is 9.59 Å². The Balaban J connectivity index is 1.65. The number of methoxy groups -OCH3 is 1. The first kappa shape index (κ1) is 18.4. The number of amides is 1. The Morgan fingerprint density at radius 1 is 1.19 bits per heavy atom. The zero-order valence-electron chi connectivity index (χ0n) is 14.9. The molecule has 3 rings (SSSR count). The number of aromatic nitrogens is 1. The summed E-state index contributed by atoms with van der Waals surface area (Å²) in [6, 6.07) is 3.32. The Bertz CT molecular complexity index is 643. The van der Waals surface area contributed by atoms with Crippen LogP contribution in [0.1, 0.15) is 19.3 Å². The van der Waals surface area contributed by atoms with Gasteiger partial charge < -0.3 is 24.7 Å². The lowest BCUT2D eigenvalue weighted by Gasteiger charge is -2.40. The van der Waals surface area contributed by atoms with E-state index in [1.807, 2.05) is 4.90 Å². The van der Waals surface area contributed by atoms with Crippen LogP contribution in [0.4, 0.5) is 5.82 Å². The van der Waals surface area contributed by atoms with Crippen LogP contribution >= 0.6 is 0 Å². The van der Waals surface area contributed by atoms with Crippen molar-refractivity contribution in [3.05, 3.63) is 18.3 Å². The molecule has 8 heteroatoms. The Hall–Kier alpha value is -2.35. The Morgan fingerprint density at radius 2 is 1.92 bits per heavy atom. The molecule has 8 nitrogen and oxygen atoms in total. The van der Waals surface area contributed by atoms with Gasteiger partial charge in [0.15, 0.2) is 0 Å². The van der Waals surface area contributed by atoms with Crippen molar-refractivity contribution in [2.45, 2.75) is 25.4 Å². The maximum absolute atomic E-state index is 13.0. The summed E-state index contributed by atoms with van der Waals surface area (Å²) in [6.07, 6.45) is 2.40. The molecule has 0 radical (unpaired) electrons. The normalized spacial score (nSPS) is 26.5. The molecule has 2 N–H and O–H groups in total. The summed E-state index contributed by atoms with van der Waals surface area (Å²) in [7, 11) is 1.31. The monoisotopic (exact) mass is 363 g/mol. The number of aliphatic hydroxyl groups is 1. The maximum atomic E-state index is 13.0. The SMILES string of the molecule is COC(=O)C1CCCC(O)C1C(=O)N1CCN(c2ccc(O)cn2)CC1. The van der Waals surface area contributed by atoms with E-state index in [1.54, 1.807) is 17.0 Å². The number of pyridine rings is 1. The van der Waals surface area contributed by atoms with Crippen molar-refractivity contribution in [2.24, 2.45) is 11.8 Å². The highest BCUT2D eigenvalue weighted by molar-refractivity contribution is 5.86. The van der Waals surface area contributed by atoms with Gasteiger partial charge >= 0.3 is 5.97 Å². The van der Waals surface area contributed by atoms with Gasteiger partial charge in [0.2, 0.25) is 5.91 Å². The molecule has 0 spiro atoms. The number of aliphatic hydroxyl groups excluding tert-OH is 1. The first-order chi connectivity index (χ1) is 12.5. The van der Waals surface area contributed by atoms with Crippen molar-refractivity contribution in [1.29, 1.82) is 0 Å². The number of hydrogen-bond donors (Lipinski definition) is 2. The molecule has 1 aromatic rings. The Labute approximate surface area is 152 Å². The molecule has 2 aliphatic rings. The first-order valence-corrected chi connectivity index (χ1v) is 8.96. The number of rotatable bonds is 3. The van der Waals surface area contributed by atoms with E-state index in [0.29, 0.717) is 45.4 Å². The summed E-state index contributed by atoms with van der Waals surface area (Å²) in [4.78, 5) is 33.0. The minimum Gasteiger partial charge on any atom is -0.506 e. The van der Waals surface area contributed by atoms with Crippen molar-refractivity contribution >= 4 is 17.7 Å². The average Bonchev–Trinajstić information content (AvgIpc) is 2.67. The number of esters is 1. The van der Waals surface area contributed by atoms with Crippen LogP contribution in [0.5, 0.6) is 5.75 Å². The van der Waals surface area contributed by atoms with Crippen LogP contribution in [0.25, 0.3) is 0 Å². The number of piperazine rings is 1. The van der Waals surface area contributed by atoms with Gasteiger partial charge in [-0.2, -0.15) is 0 Å². The van der Waals surface area contributed by atoms with Gasteiger partial charge in [0.25, 0.3) is 0 Å². The second-order valence-corrected chi connectivity index (χ2v) is 6.84. The summed E-state index contributed by atoms with van der Waals surface area (Å²) >= 11 is 0. The third kappa shape index (κ3) is 3.75. The third-order valence-corrected chi connectivity index (χ3v) is 5.30. The summed E-state index contributed by atoms with van der Waals surface area (Å²) in [5, 5.41) is 19.7. The Kier molecular flexibility index (Phi) is 5.61. The number of nitrogens with zero attached hydrogens (tertiary/aromatic N) is 3. The van der Waals surface area contributed by atoms with Crippen LogP contribution in [0.2, 0.25) is 0 Å². The quantitative estimate of drug-likeness (QED) is 0.749. The number of hydrogen-bond acceptors (Lipinski definition) is 7. The van der Waals surface area contributed by atoms with E-state index in [-0.39, 0.29) is 11.7 Å². The highest BCUT2D eigenvalue weighted by atomic mass is 16.5. The van der Waals surface area contributed by atoms with Crippen molar-refractivity contribution in [1.82, 2.24) is 9.88 Å². The molecule has 26 heavy (non-hydrogen) atoms. The first-order valence-electron chi connectivity index (χ1n) is 8.96. The lowest BCUT2D eigenvalue weighted by Crippen LogP contribution is -2.54. The van der Waals surface area contributed by atoms with E-state index in [0.717, 1.165) is 5.82 Å². The highest BCUT2D eigenvalue weighted by Gasteiger charge is 2.44. The third-order valence-electron chi connectivity index (χ3n) is 5.30. The van der Waals surface area contributed by atoms with E-state index in [1.165, 1.54) is 13.3 Å². The molecule has 0 bridgehead atoms. The second kappa shape index (κ2) is 7.90. The summed E-state index contributed by atoms with van der Waals surface area (Å²) in [5.74, 6) is -1.04. The highest BCUT2D eigenvalue weighted by Crippen LogP contribution is 2.33. The van der Waals surface area contributed by atoms with Gasteiger partial charge in [0, 0.05) is 26.2 Å². The van der Waals surface area contributed by atoms with Crippen LogP contribution in [-0.4, -0.2) is 71.4 Å². The molecule has 2 heterocycles. The number of aromatic hydroxyl groups is 1. The van der Waals surface area contributed by atoms with Crippen LogP contribution in [0, 0.1) is 11.8 Å². The molecule has 0 aromatic carbocycles. The minimum atomic E-state index is -0.808. The molecular weight excluding hydrogens is 338 g/mol. The molecule has 3 unspecified atom stereocenters. The summed E-state index contributed by atoms with van der Waals surface area (Å²) in [6.45, 7) is 2.21. The van der Waals surface area contributed by atoms with Gasteiger partial charge in [-0.25, -0.2) is 4.98 Å². The molecule has 3 atom stereocenters. The van der Waals surface area contributed by atoms with E-state index in [4.69, 9.17) is 4.74 Å². The lowest BCUT2D eigenvalue weighted by molar-refractivity contribution is -0.160. The predicted molar refractivity (Wildman–Crippen MR) is 93.5 cm³/mol. The van der Waals surface area contributed by atoms with E-state index in [2.05, 4.69) is 4.98 Å². The van der Waals surface area contributed by atoms with E-state index < -0.39 is 23.9 Å².